The predicted octanol–water partition coefficient (Wildman–Crippen LogP) is 0.312. The molecule has 6 nitrogen and oxygen atoms in total. The number of esters is 2. The number of hydrogen-bond acceptors (Lipinski definition) is 6. The fraction of sp³-hybridized carbons (Fsp3) is 0.500. The van der Waals surface area contributed by atoms with Gasteiger partial charge in [-0.3, -0.25) is 14.4 Å². The third-order valence-electron chi connectivity index (χ3n) is 1.84. The molecule has 16 heavy (non-hydrogen) atoms. The minimum atomic E-state index is -1.05. The molecule has 0 radical (unpaired) electrons. The highest BCUT2D eigenvalue weighted by atomic mass is 16.6. The number of Topliss-reactive ketones (excluding diaryl/α,β-unsaturated/α-hetero) is 1. The summed E-state index contributed by atoms with van der Waals surface area (Å²) < 4.78 is 14.5. The van der Waals surface area contributed by atoms with Gasteiger partial charge in [0.25, 0.3) is 0 Å². The lowest BCUT2D eigenvalue weighted by Crippen LogP contribution is -2.37. The van der Waals surface area contributed by atoms with Crippen LogP contribution < -0.4 is 0 Å². The van der Waals surface area contributed by atoms with Gasteiger partial charge in [-0.15, -0.1) is 0 Å². The Morgan fingerprint density at radius 3 is 2.44 bits per heavy atom. The molecule has 1 aliphatic rings. The molecule has 1 atom stereocenters. The number of carbonyl (C=O) groups excluding carboxylic acids is 3. The average Bonchev–Trinajstić information content (AvgIpc) is 2.16. The third-order valence-corrected chi connectivity index (χ3v) is 1.84. The molecule has 0 saturated carbocycles. The van der Waals surface area contributed by atoms with Gasteiger partial charge < -0.3 is 14.2 Å². The van der Waals surface area contributed by atoms with Crippen LogP contribution in [0.15, 0.2) is 11.5 Å². The van der Waals surface area contributed by atoms with Crippen molar-refractivity contribution in [3.8, 4) is 0 Å². The van der Waals surface area contributed by atoms with Crippen LogP contribution in [0.4, 0.5) is 0 Å². The average molecular weight is 228 g/mol. The van der Waals surface area contributed by atoms with Crippen LogP contribution in [0.5, 0.6) is 0 Å². The zero-order chi connectivity index (χ0) is 12.3. The number of hydrogen-bond donors (Lipinski definition) is 0. The first-order chi connectivity index (χ1) is 7.41. The Labute approximate surface area is 92.2 Å². The molecule has 0 bridgehead atoms. The van der Waals surface area contributed by atoms with Crippen molar-refractivity contribution >= 4 is 17.7 Å². The summed E-state index contributed by atoms with van der Waals surface area (Å²) in [4.78, 5) is 33.2. The van der Waals surface area contributed by atoms with E-state index >= 15 is 0 Å². The molecule has 0 N–H and O–H groups in total. The molecule has 0 aromatic heterocycles. The first kappa shape index (κ1) is 12.2. The van der Waals surface area contributed by atoms with Gasteiger partial charge in [-0.2, -0.15) is 0 Å². The Kier molecular flexibility index (Phi) is 3.65. The van der Waals surface area contributed by atoms with Crippen LogP contribution in [0.1, 0.15) is 20.8 Å². The molecule has 0 saturated heterocycles. The summed E-state index contributed by atoms with van der Waals surface area (Å²) in [6.07, 6.45) is -1.05. The molecule has 1 unspecified atom stereocenters. The number of ether oxygens (including phenoxy) is 3. The van der Waals surface area contributed by atoms with E-state index in [1.54, 1.807) is 0 Å². The summed E-state index contributed by atoms with van der Waals surface area (Å²) in [5.74, 6) is -1.78. The standard InChI is InChI=1S/C10H12O6/c1-5-10(16-7(3)12)9(13)8(4-14-5)15-6(2)11/h8H,4H2,1-3H3. The molecular formula is C10H12O6. The van der Waals surface area contributed by atoms with Crippen molar-refractivity contribution in [1.82, 2.24) is 0 Å². The van der Waals surface area contributed by atoms with Gasteiger partial charge >= 0.3 is 11.9 Å². The molecular weight excluding hydrogens is 216 g/mol. The molecule has 0 amide bonds. The van der Waals surface area contributed by atoms with E-state index in [1.807, 2.05) is 0 Å². The summed E-state index contributed by atoms with van der Waals surface area (Å²) in [6.45, 7) is 3.79. The molecule has 1 aliphatic heterocycles. The molecule has 1 heterocycles. The summed E-state index contributed by atoms with van der Waals surface area (Å²) in [5, 5.41) is 0. The molecule has 0 aliphatic carbocycles. The minimum absolute atomic E-state index is 0.0605. The van der Waals surface area contributed by atoms with E-state index in [1.165, 1.54) is 20.8 Å². The molecule has 0 spiro atoms. The van der Waals surface area contributed by atoms with E-state index < -0.39 is 23.8 Å². The van der Waals surface area contributed by atoms with Crippen molar-refractivity contribution in [3.63, 3.8) is 0 Å². The monoisotopic (exact) mass is 228 g/mol. The second-order valence-electron chi connectivity index (χ2n) is 3.25. The van der Waals surface area contributed by atoms with E-state index in [2.05, 4.69) is 0 Å². The van der Waals surface area contributed by atoms with Crippen LogP contribution in [-0.4, -0.2) is 30.4 Å². The predicted molar refractivity (Wildman–Crippen MR) is 51.0 cm³/mol. The highest BCUT2D eigenvalue weighted by Gasteiger charge is 2.34. The lowest BCUT2D eigenvalue weighted by Gasteiger charge is -2.23. The molecule has 88 valence electrons. The first-order valence-corrected chi connectivity index (χ1v) is 4.65. The number of ketones is 1. The number of rotatable bonds is 2. The lowest BCUT2D eigenvalue weighted by molar-refractivity contribution is -0.159. The van der Waals surface area contributed by atoms with Crippen LogP contribution in [-0.2, 0) is 28.6 Å². The topological polar surface area (TPSA) is 78.9 Å². The van der Waals surface area contributed by atoms with Crippen LogP contribution in [0, 0.1) is 0 Å². The van der Waals surface area contributed by atoms with E-state index in [4.69, 9.17) is 14.2 Å². The van der Waals surface area contributed by atoms with Gasteiger partial charge in [0.15, 0.2) is 0 Å². The molecule has 0 aromatic carbocycles. The Balaban J connectivity index is 2.84. The van der Waals surface area contributed by atoms with Crippen molar-refractivity contribution < 1.29 is 28.6 Å². The Bertz CT molecular complexity index is 368. The quantitative estimate of drug-likeness (QED) is 0.633. The van der Waals surface area contributed by atoms with Crippen molar-refractivity contribution in [2.24, 2.45) is 0 Å². The lowest BCUT2D eigenvalue weighted by atomic mass is 10.1. The zero-order valence-corrected chi connectivity index (χ0v) is 9.23. The van der Waals surface area contributed by atoms with E-state index in [9.17, 15) is 14.4 Å². The minimum Gasteiger partial charge on any atom is -0.490 e. The largest absolute Gasteiger partial charge is 0.490 e. The van der Waals surface area contributed by atoms with Crippen LogP contribution >= 0.6 is 0 Å². The SMILES string of the molecule is CC(=O)OC1=C(C)OCC(OC(C)=O)C1=O. The third kappa shape index (κ3) is 2.82. The van der Waals surface area contributed by atoms with Gasteiger partial charge in [0, 0.05) is 13.8 Å². The van der Waals surface area contributed by atoms with Crippen molar-refractivity contribution in [1.29, 1.82) is 0 Å². The second kappa shape index (κ2) is 4.78. The fourth-order valence-electron chi connectivity index (χ4n) is 1.22. The van der Waals surface area contributed by atoms with Crippen molar-refractivity contribution in [3.05, 3.63) is 11.5 Å². The Morgan fingerprint density at radius 2 is 1.94 bits per heavy atom. The first-order valence-electron chi connectivity index (χ1n) is 4.65. The van der Waals surface area contributed by atoms with E-state index in [-0.39, 0.29) is 18.1 Å². The maximum atomic E-state index is 11.7. The van der Waals surface area contributed by atoms with Crippen LogP contribution in [0.3, 0.4) is 0 Å². The van der Waals surface area contributed by atoms with Gasteiger partial charge in [0.05, 0.1) is 0 Å². The highest BCUT2D eigenvalue weighted by molar-refractivity contribution is 6.00. The summed E-state index contributed by atoms with van der Waals surface area (Å²) in [5.41, 5.74) is 0. The van der Waals surface area contributed by atoms with Crippen molar-refractivity contribution in [2.45, 2.75) is 26.9 Å². The van der Waals surface area contributed by atoms with Crippen LogP contribution in [0.25, 0.3) is 0 Å². The fourth-order valence-corrected chi connectivity index (χ4v) is 1.22. The molecule has 0 fully saturated rings. The highest BCUT2D eigenvalue weighted by Crippen LogP contribution is 2.19. The number of carbonyl (C=O) groups is 3. The maximum Gasteiger partial charge on any atom is 0.308 e. The molecule has 0 aromatic rings. The number of allylic oxidation sites excluding steroid dienone is 1. The Morgan fingerprint density at radius 1 is 1.31 bits per heavy atom. The normalized spacial score (nSPS) is 20.2. The summed E-state index contributed by atoms with van der Waals surface area (Å²) in [7, 11) is 0. The Hall–Kier alpha value is -1.85. The van der Waals surface area contributed by atoms with Gasteiger partial charge in [-0.1, -0.05) is 0 Å². The maximum absolute atomic E-state index is 11.7. The summed E-state index contributed by atoms with van der Waals surface area (Å²) >= 11 is 0. The molecule has 6 heteroatoms. The van der Waals surface area contributed by atoms with Gasteiger partial charge in [-0.25, -0.2) is 0 Å². The second-order valence-corrected chi connectivity index (χ2v) is 3.25. The van der Waals surface area contributed by atoms with Gasteiger partial charge in [-0.05, 0) is 6.92 Å². The zero-order valence-electron chi connectivity index (χ0n) is 9.23. The van der Waals surface area contributed by atoms with Crippen LogP contribution in [0.2, 0.25) is 0 Å². The molecule has 1 rings (SSSR count). The smallest absolute Gasteiger partial charge is 0.308 e. The van der Waals surface area contributed by atoms with Gasteiger partial charge in [0.1, 0.15) is 12.4 Å². The van der Waals surface area contributed by atoms with E-state index in [0.717, 1.165) is 0 Å². The van der Waals surface area contributed by atoms with Crippen molar-refractivity contribution in [2.75, 3.05) is 6.61 Å². The summed E-state index contributed by atoms with van der Waals surface area (Å²) in [6, 6.07) is 0. The van der Waals surface area contributed by atoms with E-state index in [0.29, 0.717) is 0 Å². The van der Waals surface area contributed by atoms with Gasteiger partial charge in [0.2, 0.25) is 17.6 Å².